The Bertz CT molecular complexity index is 520. The number of benzene rings is 1. The topological polar surface area (TPSA) is 38.0 Å². The van der Waals surface area contributed by atoms with E-state index in [1.165, 1.54) is 17.0 Å². The zero-order chi connectivity index (χ0) is 14.6. The molecule has 0 radical (unpaired) electrons. The molecule has 0 saturated heterocycles. The maximum absolute atomic E-state index is 12.5. The van der Waals surface area contributed by atoms with Crippen molar-refractivity contribution >= 4 is 11.3 Å². The summed E-state index contributed by atoms with van der Waals surface area (Å²) in [6.07, 6.45) is -2.94. The fourth-order valence-electron chi connectivity index (χ4n) is 1.98. The van der Waals surface area contributed by atoms with Gasteiger partial charge in [-0.2, -0.15) is 13.2 Å². The molecule has 0 spiro atoms. The van der Waals surface area contributed by atoms with Crippen LogP contribution in [0.4, 0.5) is 13.2 Å². The van der Waals surface area contributed by atoms with E-state index in [4.69, 9.17) is 5.84 Å². The van der Waals surface area contributed by atoms with E-state index in [1.54, 1.807) is 11.3 Å². The van der Waals surface area contributed by atoms with Crippen LogP contribution in [-0.2, 0) is 19.0 Å². The lowest BCUT2D eigenvalue weighted by atomic mass is 10.0. The van der Waals surface area contributed by atoms with Crippen LogP contribution in [0.1, 0.15) is 16.0 Å². The van der Waals surface area contributed by atoms with Crippen LogP contribution in [0.3, 0.4) is 0 Å². The first kappa shape index (κ1) is 15.0. The maximum atomic E-state index is 12.5. The summed E-state index contributed by atoms with van der Waals surface area (Å²) in [6, 6.07) is 9.20. The molecule has 1 unspecified atom stereocenters. The molecule has 0 aliphatic rings. The van der Waals surface area contributed by atoms with Crippen molar-refractivity contribution in [2.45, 2.75) is 25.1 Å². The quantitative estimate of drug-likeness (QED) is 0.656. The molecule has 2 nitrogen and oxygen atoms in total. The van der Waals surface area contributed by atoms with Gasteiger partial charge in [0.15, 0.2) is 0 Å². The zero-order valence-electron chi connectivity index (χ0n) is 10.7. The number of hydrazine groups is 1. The Labute approximate surface area is 119 Å². The van der Waals surface area contributed by atoms with Crippen molar-refractivity contribution in [2.24, 2.45) is 5.84 Å². The van der Waals surface area contributed by atoms with Gasteiger partial charge in [0.05, 0.1) is 5.56 Å². The first-order valence-corrected chi connectivity index (χ1v) is 7.01. The number of halogens is 3. The highest BCUT2D eigenvalue weighted by Gasteiger charge is 2.29. The van der Waals surface area contributed by atoms with Gasteiger partial charge in [-0.05, 0) is 42.0 Å². The standard InChI is InChI=1S/C14H15F3N2S/c15-14(16,17)11-5-3-10(4-6-11)8-12(19-18)9-13-2-1-7-20-13/h1-7,12,19H,8-9,18H2. The first-order chi connectivity index (χ1) is 9.49. The molecule has 20 heavy (non-hydrogen) atoms. The molecule has 1 aromatic heterocycles. The average molecular weight is 300 g/mol. The van der Waals surface area contributed by atoms with Crippen molar-refractivity contribution in [3.63, 3.8) is 0 Å². The molecule has 1 heterocycles. The first-order valence-electron chi connectivity index (χ1n) is 6.13. The minimum Gasteiger partial charge on any atom is -0.271 e. The Morgan fingerprint density at radius 3 is 2.30 bits per heavy atom. The molecule has 0 bridgehead atoms. The number of nitrogens with one attached hydrogen (secondary N) is 1. The Hall–Kier alpha value is -1.37. The third kappa shape index (κ3) is 4.06. The van der Waals surface area contributed by atoms with E-state index in [9.17, 15) is 13.2 Å². The Morgan fingerprint density at radius 2 is 1.80 bits per heavy atom. The average Bonchev–Trinajstić information content (AvgIpc) is 2.90. The van der Waals surface area contributed by atoms with Gasteiger partial charge in [0.25, 0.3) is 0 Å². The van der Waals surface area contributed by atoms with Crippen LogP contribution < -0.4 is 11.3 Å². The number of thiophene rings is 1. The fourth-order valence-corrected chi connectivity index (χ4v) is 2.76. The second-order valence-electron chi connectivity index (χ2n) is 4.55. The van der Waals surface area contributed by atoms with Gasteiger partial charge in [-0.1, -0.05) is 18.2 Å². The summed E-state index contributed by atoms with van der Waals surface area (Å²) in [5.74, 6) is 5.51. The second kappa shape index (κ2) is 6.39. The predicted octanol–water partition coefficient (Wildman–Crippen LogP) is 3.38. The summed E-state index contributed by atoms with van der Waals surface area (Å²) >= 11 is 1.64. The van der Waals surface area contributed by atoms with E-state index < -0.39 is 11.7 Å². The van der Waals surface area contributed by atoms with Crippen molar-refractivity contribution in [2.75, 3.05) is 0 Å². The van der Waals surface area contributed by atoms with Gasteiger partial charge in [0.2, 0.25) is 0 Å². The normalized spacial score (nSPS) is 13.4. The van der Waals surface area contributed by atoms with Gasteiger partial charge < -0.3 is 0 Å². The van der Waals surface area contributed by atoms with Crippen molar-refractivity contribution in [3.8, 4) is 0 Å². The van der Waals surface area contributed by atoms with E-state index in [1.807, 2.05) is 17.5 Å². The van der Waals surface area contributed by atoms with E-state index in [0.29, 0.717) is 6.42 Å². The van der Waals surface area contributed by atoms with E-state index in [2.05, 4.69) is 5.43 Å². The number of nitrogens with two attached hydrogens (primary N) is 1. The Balaban J connectivity index is 2.01. The number of hydrogen-bond donors (Lipinski definition) is 2. The molecule has 0 fully saturated rings. The lowest BCUT2D eigenvalue weighted by molar-refractivity contribution is -0.137. The largest absolute Gasteiger partial charge is 0.416 e. The Kier molecular flexibility index (Phi) is 4.80. The van der Waals surface area contributed by atoms with Crippen molar-refractivity contribution in [1.82, 2.24) is 5.43 Å². The minimum atomic E-state index is -4.29. The highest BCUT2D eigenvalue weighted by Crippen LogP contribution is 2.29. The highest BCUT2D eigenvalue weighted by molar-refractivity contribution is 7.09. The van der Waals surface area contributed by atoms with Crippen LogP contribution in [0.25, 0.3) is 0 Å². The zero-order valence-corrected chi connectivity index (χ0v) is 11.5. The molecule has 2 rings (SSSR count). The second-order valence-corrected chi connectivity index (χ2v) is 5.58. The van der Waals surface area contributed by atoms with Crippen LogP contribution in [0.5, 0.6) is 0 Å². The van der Waals surface area contributed by atoms with Crippen LogP contribution in [0, 0.1) is 0 Å². The van der Waals surface area contributed by atoms with Crippen molar-refractivity contribution in [1.29, 1.82) is 0 Å². The lowest BCUT2D eigenvalue weighted by Gasteiger charge is -2.15. The molecule has 2 aromatic rings. The highest BCUT2D eigenvalue weighted by atomic mass is 32.1. The molecule has 108 valence electrons. The molecular weight excluding hydrogens is 285 g/mol. The monoisotopic (exact) mass is 300 g/mol. The molecule has 0 aliphatic heterocycles. The minimum absolute atomic E-state index is 0.00499. The van der Waals surface area contributed by atoms with Gasteiger partial charge in [0.1, 0.15) is 0 Å². The molecule has 1 atom stereocenters. The van der Waals surface area contributed by atoms with Gasteiger partial charge in [-0.15, -0.1) is 11.3 Å². The molecule has 0 amide bonds. The van der Waals surface area contributed by atoms with Gasteiger partial charge in [-0.3, -0.25) is 11.3 Å². The molecule has 0 aliphatic carbocycles. The third-order valence-corrected chi connectivity index (χ3v) is 3.93. The molecular formula is C14H15F3N2S. The summed E-state index contributed by atoms with van der Waals surface area (Å²) in [6.45, 7) is 0. The number of hydrogen-bond acceptors (Lipinski definition) is 3. The Morgan fingerprint density at radius 1 is 1.10 bits per heavy atom. The summed E-state index contributed by atoms with van der Waals surface area (Å²) in [5, 5.41) is 1.99. The summed E-state index contributed by atoms with van der Waals surface area (Å²) in [7, 11) is 0. The summed E-state index contributed by atoms with van der Waals surface area (Å²) in [4.78, 5) is 1.19. The van der Waals surface area contributed by atoms with Crippen LogP contribution in [-0.4, -0.2) is 6.04 Å². The van der Waals surface area contributed by atoms with Gasteiger partial charge in [0, 0.05) is 10.9 Å². The SMILES string of the molecule is NNC(Cc1ccc(C(F)(F)F)cc1)Cc1cccs1. The van der Waals surface area contributed by atoms with Gasteiger partial charge in [-0.25, -0.2) is 0 Å². The summed E-state index contributed by atoms with van der Waals surface area (Å²) < 4.78 is 37.4. The molecule has 3 N–H and O–H groups in total. The maximum Gasteiger partial charge on any atom is 0.416 e. The van der Waals surface area contributed by atoms with Crippen LogP contribution >= 0.6 is 11.3 Å². The van der Waals surface area contributed by atoms with Crippen molar-refractivity contribution < 1.29 is 13.2 Å². The molecule has 6 heteroatoms. The number of alkyl halides is 3. The third-order valence-electron chi connectivity index (χ3n) is 3.03. The van der Waals surface area contributed by atoms with E-state index >= 15 is 0 Å². The predicted molar refractivity (Wildman–Crippen MR) is 74.3 cm³/mol. The van der Waals surface area contributed by atoms with Crippen LogP contribution in [0.15, 0.2) is 41.8 Å². The lowest BCUT2D eigenvalue weighted by Crippen LogP contribution is -2.38. The van der Waals surface area contributed by atoms with Crippen LogP contribution in [0.2, 0.25) is 0 Å². The van der Waals surface area contributed by atoms with E-state index in [0.717, 1.165) is 24.1 Å². The molecule has 1 aromatic carbocycles. The van der Waals surface area contributed by atoms with Crippen molar-refractivity contribution in [3.05, 3.63) is 57.8 Å². The smallest absolute Gasteiger partial charge is 0.271 e. The summed E-state index contributed by atoms with van der Waals surface area (Å²) in [5.41, 5.74) is 2.92. The molecule has 0 saturated carbocycles. The number of rotatable bonds is 5. The van der Waals surface area contributed by atoms with Gasteiger partial charge >= 0.3 is 6.18 Å². The fraction of sp³-hybridized carbons (Fsp3) is 0.286. The van der Waals surface area contributed by atoms with E-state index in [-0.39, 0.29) is 6.04 Å².